The lowest BCUT2D eigenvalue weighted by atomic mass is 10.0. The van der Waals surface area contributed by atoms with Crippen molar-refractivity contribution in [3.8, 4) is 0 Å². The van der Waals surface area contributed by atoms with Crippen LogP contribution in [0.4, 0.5) is 0 Å². The molecule has 168 valence electrons. The summed E-state index contributed by atoms with van der Waals surface area (Å²) in [5.41, 5.74) is 7.24. The van der Waals surface area contributed by atoms with Gasteiger partial charge < -0.3 is 10.6 Å². The molecule has 1 aromatic carbocycles. The third-order valence-electron chi connectivity index (χ3n) is 5.53. The predicted octanol–water partition coefficient (Wildman–Crippen LogP) is 5.48. The molecule has 1 amide bonds. The summed E-state index contributed by atoms with van der Waals surface area (Å²) in [6, 6.07) is 6.20. The van der Waals surface area contributed by atoms with E-state index in [1.54, 1.807) is 0 Å². The lowest BCUT2D eigenvalue weighted by molar-refractivity contribution is -0.124. The van der Waals surface area contributed by atoms with Crippen molar-refractivity contribution < 1.29 is 4.79 Å². The van der Waals surface area contributed by atoms with Gasteiger partial charge in [0.2, 0.25) is 5.91 Å². The Bertz CT molecular complexity index is 1080. The zero-order valence-corrected chi connectivity index (χ0v) is 20.9. The van der Waals surface area contributed by atoms with Crippen LogP contribution in [0.15, 0.2) is 82.7 Å². The molecule has 0 saturated heterocycles. The maximum Gasteiger partial charge on any atom is 0.222 e. The van der Waals surface area contributed by atoms with E-state index in [1.165, 1.54) is 5.57 Å². The Morgan fingerprint density at radius 1 is 1.28 bits per heavy atom. The molecule has 1 aliphatic carbocycles. The smallest absolute Gasteiger partial charge is 0.222 e. The van der Waals surface area contributed by atoms with Crippen molar-refractivity contribution in [1.82, 2.24) is 10.6 Å². The van der Waals surface area contributed by atoms with Crippen molar-refractivity contribution in [3.63, 3.8) is 0 Å². The van der Waals surface area contributed by atoms with Crippen molar-refractivity contribution in [2.45, 2.75) is 52.7 Å². The molecule has 1 heterocycles. The standard InChI is InChI=1S/C27H34N3OP/c1-17(2)26(31)28-16-20-11-10-18(3)23(15-20)25-29-19(4)14-24(30-25)21-8-7-9-22(13-12-21)27(5,6)32/h8-15,17H,4,7,16,32H2,1-3,5-6H3,(H,28,31)(H,29,30). The van der Waals surface area contributed by atoms with E-state index in [1.807, 2.05) is 26.0 Å². The average molecular weight is 448 g/mol. The van der Waals surface area contributed by atoms with E-state index in [2.05, 4.69) is 83.7 Å². The number of rotatable bonds is 6. The first-order valence-corrected chi connectivity index (χ1v) is 11.6. The number of nitrogens with zero attached hydrogens (tertiary/aromatic N) is 1. The highest BCUT2D eigenvalue weighted by Crippen LogP contribution is 2.31. The quantitative estimate of drug-likeness (QED) is 0.568. The molecule has 1 unspecified atom stereocenters. The van der Waals surface area contributed by atoms with Crippen LogP contribution in [0.1, 0.15) is 50.8 Å². The Hall–Kier alpha value is -2.71. The molecule has 4 nitrogen and oxygen atoms in total. The van der Waals surface area contributed by atoms with Crippen LogP contribution in [0.3, 0.4) is 0 Å². The number of aryl methyl sites for hydroxylation is 1. The Balaban J connectivity index is 1.87. The number of carbonyl (C=O) groups excluding carboxylic acids is 1. The fraction of sp³-hybridized carbons (Fsp3) is 0.333. The van der Waals surface area contributed by atoms with Crippen molar-refractivity contribution >= 4 is 21.0 Å². The summed E-state index contributed by atoms with van der Waals surface area (Å²) in [7, 11) is 2.91. The minimum absolute atomic E-state index is 0.0306. The Kier molecular flexibility index (Phi) is 7.36. The molecule has 2 aliphatic rings. The summed E-state index contributed by atoms with van der Waals surface area (Å²) >= 11 is 0. The molecule has 32 heavy (non-hydrogen) atoms. The second-order valence-corrected chi connectivity index (χ2v) is 10.7. The molecule has 0 spiro atoms. The van der Waals surface area contributed by atoms with Gasteiger partial charge in [0.25, 0.3) is 0 Å². The van der Waals surface area contributed by atoms with E-state index in [9.17, 15) is 4.79 Å². The van der Waals surface area contributed by atoms with Crippen LogP contribution in [-0.2, 0) is 11.3 Å². The lowest BCUT2D eigenvalue weighted by Crippen LogP contribution is -2.28. The molecule has 1 aliphatic heterocycles. The van der Waals surface area contributed by atoms with Gasteiger partial charge in [-0.1, -0.05) is 70.7 Å². The molecule has 0 saturated carbocycles. The first kappa shape index (κ1) is 23.9. The van der Waals surface area contributed by atoms with E-state index >= 15 is 0 Å². The highest BCUT2D eigenvalue weighted by molar-refractivity contribution is 7.19. The maximum absolute atomic E-state index is 12.0. The summed E-state index contributed by atoms with van der Waals surface area (Å²) in [4.78, 5) is 16.9. The highest BCUT2D eigenvalue weighted by atomic mass is 31.0. The fourth-order valence-corrected chi connectivity index (χ4v) is 3.75. The number of aliphatic imine (C=N–C) groups is 1. The molecule has 0 aromatic heterocycles. The normalized spacial score (nSPS) is 16.5. The van der Waals surface area contributed by atoms with Crippen LogP contribution in [-0.4, -0.2) is 16.9 Å². The van der Waals surface area contributed by atoms with Crippen molar-refractivity contribution in [1.29, 1.82) is 0 Å². The van der Waals surface area contributed by atoms with Crippen LogP contribution in [0.2, 0.25) is 0 Å². The number of hydrogen-bond acceptors (Lipinski definition) is 3. The van der Waals surface area contributed by atoms with Gasteiger partial charge in [0.05, 0.1) is 5.70 Å². The first-order chi connectivity index (χ1) is 15.0. The van der Waals surface area contributed by atoms with Gasteiger partial charge in [-0.15, -0.1) is 9.24 Å². The first-order valence-electron chi connectivity index (χ1n) is 11.1. The number of nitrogens with one attached hydrogen (secondary N) is 2. The van der Waals surface area contributed by atoms with Gasteiger partial charge in [-0.05, 0) is 47.8 Å². The van der Waals surface area contributed by atoms with E-state index in [0.29, 0.717) is 6.54 Å². The average Bonchev–Trinajstić information content (AvgIpc) is 2.99. The number of benzene rings is 1. The molecule has 0 bridgehead atoms. The molecule has 1 atom stereocenters. The summed E-state index contributed by atoms with van der Waals surface area (Å²) in [6.07, 6.45) is 11.6. The topological polar surface area (TPSA) is 53.5 Å². The van der Waals surface area contributed by atoms with Gasteiger partial charge in [-0.25, -0.2) is 4.99 Å². The van der Waals surface area contributed by atoms with Gasteiger partial charge >= 0.3 is 0 Å². The summed E-state index contributed by atoms with van der Waals surface area (Å²) < 4.78 is 0. The number of hydrogen-bond donors (Lipinski definition) is 2. The van der Waals surface area contributed by atoms with Gasteiger partial charge in [-0.2, -0.15) is 0 Å². The van der Waals surface area contributed by atoms with Gasteiger partial charge in [-0.3, -0.25) is 4.79 Å². The number of carbonyl (C=O) groups is 1. The predicted molar refractivity (Wildman–Crippen MR) is 138 cm³/mol. The van der Waals surface area contributed by atoms with E-state index in [-0.39, 0.29) is 17.0 Å². The van der Waals surface area contributed by atoms with E-state index < -0.39 is 0 Å². The highest BCUT2D eigenvalue weighted by Gasteiger charge is 2.19. The van der Waals surface area contributed by atoms with Crippen LogP contribution in [0, 0.1) is 12.8 Å². The molecule has 1 aromatic rings. The minimum atomic E-state index is -0.0342. The van der Waals surface area contributed by atoms with E-state index in [4.69, 9.17) is 4.99 Å². The Morgan fingerprint density at radius 3 is 2.72 bits per heavy atom. The molecular weight excluding hydrogens is 413 g/mol. The van der Waals surface area contributed by atoms with Gasteiger partial charge in [0, 0.05) is 28.9 Å². The van der Waals surface area contributed by atoms with Crippen LogP contribution in [0.25, 0.3) is 0 Å². The third-order valence-corrected chi connectivity index (χ3v) is 5.86. The molecule has 3 rings (SSSR count). The molecule has 0 radical (unpaired) electrons. The largest absolute Gasteiger partial charge is 0.352 e. The second-order valence-electron chi connectivity index (χ2n) is 9.27. The summed E-state index contributed by atoms with van der Waals surface area (Å²) in [5.74, 6) is 0.792. The zero-order chi connectivity index (χ0) is 23.5. The SMILES string of the molecule is C=C1C=C(C2=CCC=C(C(C)(C)P)C=C2)N=C(c2cc(CNC(=O)C(C)C)ccc2C)N1. The molecule has 0 fully saturated rings. The molecule has 2 N–H and O–H groups in total. The van der Waals surface area contributed by atoms with Crippen LogP contribution >= 0.6 is 9.24 Å². The lowest BCUT2D eigenvalue weighted by Gasteiger charge is -2.20. The maximum atomic E-state index is 12.0. The van der Waals surface area contributed by atoms with Crippen molar-refractivity contribution in [2.75, 3.05) is 0 Å². The van der Waals surface area contributed by atoms with Gasteiger partial charge in [0.1, 0.15) is 5.84 Å². The van der Waals surface area contributed by atoms with Gasteiger partial charge in [0.15, 0.2) is 0 Å². The zero-order valence-electron chi connectivity index (χ0n) is 19.8. The summed E-state index contributed by atoms with van der Waals surface area (Å²) in [5, 5.41) is 6.34. The molecule has 5 heteroatoms. The fourth-order valence-electron chi connectivity index (χ4n) is 3.53. The van der Waals surface area contributed by atoms with Crippen LogP contribution < -0.4 is 10.6 Å². The van der Waals surface area contributed by atoms with Crippen molar-refractivity contribution in [2.24, 2.45) is 10.9 Å². The van der Waals surface area contributed by atoms with E-state index in [0.717, 1.165) is 45.9 Å². The number of amides is 1. The third kappa shape index (κ3) is 5.95. The number of amidine groups is 1. The Morgan fingerprint density at radius 2 is 2.03 bits per heavy atom. The van der Waals surface area contributed by atoms with Crippen molar-refractivity contribution in [3.05, 3.63) is 94.4 Å². The number of allylic oxidation sites excluding steroid dienone is 6. The Labute approximate surface area is 194 Å². The van der Waals surface area contributed by atoms with Crippen LogP contribution in [0.5, 0.6) is 0 Å². The molecular formula is C27H34N3OP. The second kappa shape index (κ2) is 9.83. The summed E-state index contributed by atoms with van der Waals surface area (Å²) in [6.45, 7) is 14.9. The minimum Gasteiger partial charge on any atom is -0.352 e. The monoisotopic (exact) mass is 447 g/mol.